The lowest BCUT2D eigenvalue weighted by Crippen LogP contribution is -2.55. The minimum Gasteiger partial charge on any atom is -0.449 e. The first-order chi connectivity index (χ1) is 28.4. The second kappa shape index (κ2) is 11.8. The van der Waals surface area contributed by atoms with Gasteiger partial charge in [-0.05, 0) is 154 Å². The maximum atomic E-state index is 6.68. The fourth-order valence-corrected chi connectivity index (χ4v) is 13.1. The summed E-state index contributed by atoms with van der Waals surface area (Å²) in [6.45, 7) is 4.72. The predicted octanol–water partition coefficient (Wildman–Crippen LogP) is 14.8. The number of para-hydroxylation sites is 3. The van der Waals surface area contributed by atoms with E-state index in [1.165, 1.54) is 71.0 Å². The number of rotatable bonds is 4. The Bertz CT molecular complexity index is 2820. The van der Waals surface area contributed by atoms with Crippen LogP contribution >= 0.6 is 0 Å². The van der Waals surface area contributed by atoms with E-state index in [-0.39, 0.29) is 10.8 Å². The van der Waals surface area contributed by atoms with Crippen LogP contribution < -0.4 is 14.4 Å². The minimum atomic E-state index is -0.134. The molecule has 1 spiro atoms. The van der Waals surface area contributed by atoms with Crippen molar-refractivity contribution in [1.29, 1.82) is 0 Å². The molecule has 4 saturated carbocycles. The molecule has 58 heavy (non-hydrogen) atoms. The third-order valence-corrected chi connectivity index (χ3v) is 15.3. The summed E-state index contributed by atoms with van der Waals surface area (Å²) in [4.78, 5) is 2.43. The van der Waals surface area contributed by atoms with Crippen molar-refractivity contribution in [1.82, 2.24) is 0 Å². The van der Waals surface area contributed by atoms with E-state index in [9.17, 15) is 0 Å². The van der Waals surface area contributed by atoms with Gasteiger partial charge in [-0.3, -0.25) is 0 Å². The number of anilines is 3. The Balaban J connectivity index is 1.03. The van der Waals surface area contributed by atoms with Gasteiger partial charge in [0.05, 0.1) is 5.69 Å². The van der Waals surface area contributed by atoms with Gasteiger partial charge in [0.15, 0.2) is 23.0 Å². The molecular weight excluding hydrogens is 707 g/mol. The molecule has 3 heteroatoms. The van der Waals surface area contributed by atoms with Gasteiger partial charge in [-0.15, -0.1) is 0 Å². The first kappa shape index (κ1) is 33.0. The van der Waals surface area contributed by atoms with Crippen LogP contribution in [0.5, 0.6) is 23.0 Å². The van der Waals surface area contributed by atoms with Crippen molar-refractivity contribution in [2.24, 2.45) is 23.7 Å². The molecule has 0 aromatic heterocycles. The normalized spacial score (nSPS) is 24.2. The Morgan fingerprint density at radius 1 is 0.431 bits per heavy atom. The highest BCUT2D eigenvalue weighted by Gasteiger charge is 2.61. The number of hydrogen-bond donors (Lipinski definition) is 0. The van der Waals surface area contributed by atoms with E-state index in [1.54, 1.807) is 11.1 Å². The van der Waals surface area contributed by atoms with Gasteiger partial charge >= 0.3 is 0 Å². The highest BCUT2D eigenvalue weighted by atomic mass is 16.6. The molecule has 6 aliphatic carbocycles. The average Bonchev–Trinajstić information content (AvgIpc) is 3.67. The lowest BCUT2D eigenvalue weighted by molar-refractivity contribution is -0.0399. The summed E-state index contributed by atoms with van der Waals surface area (Å²) in [5, 5.41) is 0. The Morgan fingerprint density at radius 2 is 1.02 bits per heavy atom. The Kier molecular flexibility index (Phi) is 6.68. The first-order valence-corrected chi connectivity index (χ1v) is 21.4. The van der Waals surface area contributed by atoms with Gasteiger partial charge in [-0.1, -0.05) is 111 Å². The fraction of sp³-hybridized carbons (Fsp3) is 0.236. The summed E-state index contributed by atoms with van der Waals surface area (Å²) < 4.78 is 13.3. The lowest BCUT2D eigenvalue weighted by Gasteiger charge is -2.61. The smallest absolute Gasteiger partial charge is 0.172 e. The van der Waals surface area contributed by atoms with E-state index in [0.717, 1.165) is 63.5 Å². The molecule has 4 bridgehead atoms. The first-order valence-electron chi connectivity index (χ1n) is 21.4. The molecule has 1 aliphatic heterocycles. The van der Waals surface area contributed by atoms with Gasteiger partial charge in [0.25, 0.3) is 0 Å². The minimum absolute atomic E-state index is 0.127. The quantitative estimate of drug-likeness (QED) is 0.179. The highest BCUT2D eigenvalue weighted by molar-refractivity contribution is 5.94. The molecule has 0 amide bonds. The number of nitrogens with zero attached hydrogens (tertiary/aromatic N) is 1. The van der Waals surface area contributed by atoms with Crippen LogP contribution in [0.3, 0.4) is 0 Å². The van der Waals surface area contributed by atoms with Crippen molar-refractivity contribution in [2.45, 2.75) is 56.8 Å². The molecule has 4 fully saturated rings. The standard InChI is InChI=1S/C55H45NO2/c1-54(2)45-16-8-6-14-40(45)42-22-21-39(30-48(42)54)56(38-12-4-3-5-13-38)49-32-53-52(57-50-18-10-11-19-51(50)58-53)31-43(49)35-20-23-47-44(29-35)41-15-7-9-17-46(41)55(47)36-25-33-24-34(27-36)28-37(55)26-33/h3-23,29-34,36-37H,24-28H2,1-2H3. The molecule has 7 aromatic carbocycles. The zero-order valence-corrected chi connectivity index (χ0v) is 33.0. The van der Waals surface area contributed by atoms with Crippen LogP contribution in [-0.4, -0.2) is 0 Å². The summed E-state index contributed by atoms with van der Waals surface area (Å²) in [5.74, 6) is 6.19. The Labute approximate surface area is 340 Å². The summed E-state index contributed by atoms with van der Waals surface area (Å²) >= 11 is 0. The molecule has 7 aromatic rings. The molecule has 3 nitrogen and oxygen atoms in total. The lowest BCUT2D eigenvalue weighted by atomic mass is 9.43. The summed E-state index contributed by atoms with van der Waals surface area (Å²) in [5.41, 5.74) is 16.9. The topological polar surface area (TPSA) is 21.7 Å². The molecular formula is C55H45NO2. The van der Waals surface area contributed by atoms with Gasteiger partial charge in [0.1, 0.15) is 0 Å². The van der Waals surface area contributed by atoms with Crippen LogP contribution in [0.4, 0.5) is 17.1 Å². The molecule has 0 N–H and O–H groups in total. The molecule has 282 valence electrons. The summed E-state index contributed by atoms with van der Waals surface area (Å²) in [7, 11) is 0. The zero-order chi connectivity index (χ0) is 38.3. The van der Waals surface area contributed by atoms with E-state index in [2.05, 4.69) is 146 Å². The van der Waals surface area contributed by atoms with Crippen LogP contribution in [0.15, 0.2) is 152 Å². The van der Waals surface area contributed by atoms with Crippen molar-refractivity contribution < 1.29 is 9.47 Å². The second-order valence-corrected chi connectivity index (χ2v) is 18.5. The second-order valence-electron chi connectivity index (χ2n) is 18.5. The number of ether oxygens (including phenoxy) is 2. The molecule has 0 radical (unpaired) electrons. The van der Waals surface area contributed by atoms with Crippen molar-refractivity contribution in [2.75, 3.05) is 4.90 Å². The molecule has 1 heterocycles. The highest BCUT2D eigenvalue weighted by Crippen LogP contribution is 2.69. The number of hydrogen-bond acceptors (Lipinski definition) is 3. The van der Waals surface area contributed by atoms with Gasteiger partial charge in [-0.25, -0.2) is 0 Å². The van der Waals surface area contributed by atoms with E-state index in [1.807, 2.05) is 24.3 Å². The third-order valence-electron chi connectivity index (χ3n) is 15.3. The largest absolute Gasteiger partial charge is 0.449 e. The maximum absolute atomic E-state index is 6.68. The maximum Gasteiger partial charge on any atom is 0.172 e. The summed E-state index contributed by atoms with van der Waals surface area (Å²) in [6.07, 6.45) is 6.98. The van der Waals surface area contributed by atoms with Gasteiger partial charge < -0.3 is 14.4 Å². The SMILES string of the molecule is CC1(C)c2ccccc2-c2ccc(N(c3ccccc3)c3cc4c(cc3-c3ccc5c(c3)-c3ccccc3C53C5CC6CC(C5)CC3C6)Oc3ccccc3O4)cc21. The number of fused-ring (bicyclic) bond motifs is 8. The van der Waals surface area contributed by atoms with Crippen LogP contribution in [-0.2, 0) is 10.8 Å². The molecule has 14 rings (SSSR count). The van der Waals surface area contributed by atoms with E-state index >= 15 is 0 Å². The predicted molar refractivity (Wildman–Crippen MR) is 234 cm³/mol. The molecule has 0 unspecified atom stereocenters. The van der Waals surface area contributed by atoms with Gasteiger partial charge in [0.2, 0.25) is 0 Å². The zero-order valence-electron chi connectivity index (χ0n) is 33.0. The van der Waals surface area contributed by atoms with Gasteiger partial charge in [-0.2, -0.15) is 0 Å². The fourth-order valence-electron chi connectivity index (χ4n) is 13.1. The Morgan fingerprint density at radius 3 is 1.74 bits per heavy atom. The van der Waals surface area contributed by atoms with Crippen molar-refractivity contribution >= 4 is 17.1 Å². The van der Waals surface area contributed by atoms with Crippen LogP contribution in [0.2, 0.25) is 0 Å². The van der Waals surface area contributed by atoms with E-state index in [4.69, 9.17) is 9.47 Å². The average molecular weight is 752 g/mol. The molecule has 7 aliphatic rings. The molecule has 0 atom stereocenters. The third kappa shape index (κ3) is 4.40. The van der Waals surface area contributed by atoms with E-state index in [0.29, 0.717) is 5.75 Å². The number of benzene rings is 7. The van der Waals surface area contributed by atoms with Crippen LogP contribution in [0.25, 0.3) is 33.4 Å². The molecule has 0 saturated heterocycles. The van der Waals surface area contributed by atoms with Crippen molar-refractivity contribution in [3.05, 3.63) is 174 Å². The summed E-state index contributed by atoms with van der Waals surface area (Å²) in [6, 6.07) is 56.1. The van der Waals surface area contributed by atoms with Gasteiger partial charge in [0, 0.05) is 33.8 Å². The van der Waals surface area contributed by atoms with Crippen LogP contribution in [0, 0.1) is 23.7 Å². The van der Waals surface area contributed by atoms with Crippen molar-refractivity contribution in [3.63, 3.8) is 0 Å². The van der Waals surface area contributed by atoms with E-state index < -0.39 is 0 Å². The Hall–Kier alpha value is -6.06. The monoisotopic (exact) mass is 751 g/mol. The van der Waals surface area contributed by atoms with Crippen molar-refractivity contribution in [3.8, 4) is 56.4 Å². The van der Waals surface area contributed by atoms with Crippen LogP contribution in [0.1, 0.15) is 68.2 Å².